The van der Waals surface area contributed by atoms with Crippen LogP contribution in [0.4, 0.5) is 0 Å². The highest BCUT2D eigenvalue weighted by atomic mass is 35.5. The number of nitrogens with zero attached hydrogens (tertiary/aromatic N) is 3. The fourth-order valence-electron chi connectivity index (χ4n) is 3.80. The Bertz CT molecular complexity index is 1360. The molecule has 2 heterocycles. The van der Waals surface area contributed by atoms with E-state index in [1.807, 2.05) is 24.3 Å². The van der Waals surface area contributed by atoms with Gasteiger partial charge in [0.2, 0.25) is 0 Å². The second-order valence-electron chi connectivity index (χ2n) is 7.39. The molecule has 0 spiro atoms. The average molecular weight is 505 g/mol. The predicted octanol–water partition coefficient (Wildman–Crippen LogP) is 7.09. The molecule has 2 aromatic heterocycles. The highest BCUT2D eigenvalue weighted by Gasteiger charge is 2.23. The zero-order valence-corrected chi connectivity index (χ0v) is 19.7. The smallest absolute Gasteiger partial charge is 0.313 e. The number of thiazole rings is 1. The number of carbonyl (C=O) groups excluding carboxylic acids is 1. The van der Waals surface area contributed by atoms with Crippen molar-refractivity contribution in [3.05, 3.63) is 79.4 Å². The highest BCUT2D eigenvalue weighted by molar-refractivity contribution is 7.17. The molecule has 0 atom stereocenters. The van der Waals surface area contributed by atoms with Gasteiger partial charge in [0.1, 0.15) is 0 Å². The molecule has 32 heavy (non-hydrogen) atoms. The van der Waals surface area contributed by atoms with E-state index in [-0.39, 0.29) is 10.6 Å². The van der Waals surface area contributed by atoms with Crippen molar-refractivity contribution in [1.82, 2.24) is 9.38 Å². The molecule has 162 valence electrons. The van der Waals surface area contributed by atoms with Crippen LogP contribution in [0.15, 0.2) is 47.6 Å². The number of imidazole rings is 1. The van der Waals surface area contributed by atoms with Gasteiger partial charge in [-0.1, -0.05) is 52.1 Å². The predicted molar refractivity (Wildman–Crippen MR) is 130 cm³/mol. The summed E-state index contributed by atoms with van der Waals surface area (Å²) in [5.74, 6) is -0.624. The molecule has 4 aromatic rings. The summed E-state index contributed by atoms with van der Waals surface area (Å²) in [6.07, 6.45) is 5.90. The Balaban J connectivity index is 1.52. The summed E-state index contributed by atoms with van der Waals surface area (Å²) in [4.78, 5) is 24.7. The van der Waals surface area contributed by atoms with Crippen LogP contribution in [0.5, 0.6) is 0 Å². The molecule has 0 bridgehead atoms. The van der Waals surface area contributed by atoms with Gasteiger partial charge in [-0.15, -0.1) is 11.3 Å². The maximum atomic E-state index is 12.4. The van der Waals surface area contributed by atoms with Crippen LogP contribution in [0.25, 0.3) is 16.2 Å². The number of aryl methyl sites for hydroxylation is 2. The number of rotatable bonds is 4. The van der Waals surface area contributed by atoms with E-state index in [9.17, 15) is 4.79 Å². The minimum Gasteiger partial charge on any atom is -0.313 e. The van der Waals surface area contributed by atoms with Crippen molar-refractivity contribution < 1.29 is 9.63 Å². The van der Waals surface area contributed by atoms with Crippen LogP contribution in [-0.2, 0) is 17.7 Å². The number of halogens is 3. The quantitative estimate of drug-likeness (QED) is 0.169. The lowest BCUT2D eigenvalue weighted by molar-refractivity contribution is 0.0519. The fraction of sp³-hybridized carbons (Fsp3) is 0.174. The molecule has 0 fully saturated rings. The third kappa shape index (κ3) is 4.04. The summed E-state index contributed by atoms with van der Waals surface area (Å²) in [7, 11) is 0. The molecular weight excluding hydrogens is 489 g/mol. The summed E-state index contributed by atoms with van der Waals surface area (Å²) in [6, 6.07) is 12.0. The van der Waals surface area contributed by atoms with E-state index in [0.29, 0.717) is 10.0 Å². The topological polar surface area (TPSA) is 56.0 Å². The Morgan fingerprint density at radius 1 is 1.06 bits per heavy atom. The maximum Gasteiger partial charge on any atom is 0.365 e. The fourth-order valence-corrected chi connectivity index (χ4v) is 5.44. The zero-order valence-electron chi connectivity index (χ0n) is 16.6. The van der Waals surface area contributed by atoms with E-state index in [0.717, 1.165) is 41.2 Å². The van der Waals surface area contributed by atoms with Crippen molar-refractivity contribution in [2.45, 2.75) is 25.7 Å². The number of hydrogen-bond donors (Lipinski definition) is 0. The molecule has 0 radical (unpaired) electrons. The molecule has 2 aromatic carbocycles. The SMILES string of the molecule is O=C(O/N=C\c1c(-c2ccc(Cl)cc2)nc2sc3c(n12)CCCC3)c1ccc(Cl)c(Cl)c1. The Hall–Kier alpha value is -2.38. The van der Waals surface area contributed by atoms with Crippen molar-refractivity contribution in [2.24, 2.45) is 5.16 Å². The van der Waals surface area contributed by atoms with Crippen LogP contribution in [0, 0.1) is 0 Å². The lowest BCUT2D eigenvalue weighted by atomic mass is 10.0. The molecule has 0 N–H and O–H groups in total. The number of aromatic nitrogens is 2. The second kappa shape index (κ2) is 8.87. The van der Waals surface area contributed by atoms with E-state index in [2.05, 4.69) is 9.56 Å². The van der Waals surface area contributed by atoms with Gasteiger partial charge in [0, 0.05) is 21.2 Å². The summed E-state index contributed by atoms with van der Waals surface area (Å²) in [6.45, 7) is 0. The molecule has 5 nitrogen and oxygen atoms in total. The summed E-state index contributed by atoms with van der Waals surface area (Å²) in [5, 5.41) is 5.28. The summed E-state index contributed by atoms with van der Waals surface area (Å²) >= 11 is 19.7. The van der Waals surface area contributed by atoms with Crippen molar-refractivity contribution in [2.75, 3.05) is 0 Å². The molecule has 1 aliphatic carbocycles. The van der Waals surface area contributed by atoms with Crippen LogP contribution < -0.4 is 0 Å². The van der Waals surface area contributed by atoms with E-state index in [1.165, 1.54) is 29.1 Å². The number of carbonyl (C=O) groups is 1. The lowest BCUT2D eigenvalue weighted by Gasteiger charge is -2.11. The average Bonchev–Trinajstić information content (AvgIpc) is 3.32. The van der Waals surface area contributed by atoms with E-state index in [4.69, 9.17) is 44.6 Å². The molecule has 0 saturated carbocycles. The van der Waals surface area contributed by atoms with Gasteiger partial charge in [0.05, 0.1) is 33.2 Å². The van der Waals surface area contributed by atoms with Crippen LogP contribution in [0.3, 0.4) is 0 Å². The lowest BCUT2D eigenvalue weighted by Crippen LogP contribution is -2.06. The molecule has 1 aliphatic rings. The van der Waals surface area contributed by atoms with Crippen molar-refractivity contribution in [3.8, 4) is 11.3 Å². The normalized spacial score (nSPS) is 13.6. The van der Waals surface area contributed by atoms with Crippen molar-refractivity contribution in [3.63, 3.8) is 0 Å². The largest absolute Gasteiger partial charge is 0.365 e. The van der Waals surface area contributed by atoms with E-state index in [1.54, 1.807) is 23.6 Å². The van der Waals surface area contributed by atoms with Gasteiger partial charge < -0.3 is 4.84 Å². The van der Waals surface area contributed by atoms with Gasteiger partial charge in [-0.2, -0.15) is 0 Å². The first kappa shape index (κ1) is 21.5. The minimum absolute atomic E-state index is 0.265. The number of hydrogen-bond acceptors (Lipinski definition) is 5. The third-order valence-electron chi connectivity index (χ3n) is 5.34. The Morgan fingerprint density at radius 3 is 2.62 bits per heavy atom. The van der Waals surface area contributed by atoms with Gasteiger partial charge in [-0.25, -0.2) is 9.78 Å². The van der Waals surface area contributed by atoms with Crippen molar-refractivity contribution in [1.29, 1.82) is 0 Å². The highest BCUT2D eigenvalue weighted by Crippen LogP contribution is 2.34. The van der Waals surface area contributed by atoms with Gasteiger partial charge in [-0.3, -0.25) is 4.40 Å². The molecule has 0 saturated heterocycles. The monoisotopic (exact) mass is 503 g/mol. The molecule has 9 heteroatoms. The number of benzene rings is 2. The molecule has 0 unspecified atom stereocenters. The van der Waals surface area contributed by atoms with Crippen LogP contribution in [-0.4, -0.2) is 21.6 Å². The minimum atomic E-state index is -0.624. The molecule has 5 rings (SSSR count). The van der Waals surface area contributed by atoms with Gasteiger partial charge in [-0.05, 0) is 56.0 Å². The van der Waals surface area contributed by atoms with Gasteiger partial charge in [0.15, 0.2) is 4.96 Å². The maximum absolute atomic E-state index is 12.4. The van der Waals surface area contributed by atoms with Crippen LogP contribution in [0.1, 0.15) is 39.5 Å². The third-order valence-corrected chi connectivity index (χ3v) is 7.47. The van der Waals surface area contributed by atoms with E-state index >= 15 is 0 Å². The van der Waals surface area contributed by atoms with Gasteiger partial charge >= 0.3 is 5.97 Å². The van der Waals surface area contributed by atoms with E-state index < -0.39 is 5.97 Å². The zero-order chi connectivity index (χ0) is 22.2. The summed E-state index contributed by atoms with van der Waals surface area (Å²) in [5.41, 5.74) is 3.95. The Labute approximate surface area is 203 Å². The molecule has 0 aliphatic heterocycles. The van der Waals surface area contributed by atoms with Crippen LogP contribution in [0.2, 0.25) is 15.1 Å². The standard InChI is InChI=1S/C23H16Cl3N3O2S/c24-15-8-5-13(6-9-15)21-19(29-18-3-1-2-4-20(18)32-23(29)28-21)12-27-31-22(30)14-7-10-16(25)17(26)11-14/h5-12H,1-4H2/b27-12-. The first-order chi connectivity index (χ1) is 15.5. The Morgan fingerprint density at radius 2 is 1.84 bits per heavy atom. The molecule has 0 amide bonds. The first-order valence-corrected chi connectivity index (χ1v) is 11.9. The van der Waals surface area contributed by atoms with Crippen molar-refractivity contribution >= 4 is 63.3 Å². The van der Waals surface area contributed by atoms with Crippen LogP contribution >= 0.6 is 46.1 Å². The first-order valence-electron chi connectivity index (χ1n) is 10.00. The number of oxime groups is 1. The number of fused-ring (bicyclic) bond motifs is 3. The molecular formula is C23H16Cl3N3O2S. The Kier molecular flexibility index (Phi) is 5.95. The summed E-state index contributed by atoms with van der Waals surface area (Å²) < 4.78 is 2.12. The second-order valence-corrected chi connectivity index (χ2v) is 9.70. The van der Waals surface area contributed by atoms with Gasteiger partial charge in [0.25, 0.3) is 0 Å².